The number of carboxylic acids is 1. The number of carbonyl (C=O) groups is 1. The average molecular weight is 492 g/mol. The summed E-state index contributed by atoms with van der Waals surface area (Å²) in [7, 11) is 0. The first-order chi connectivity index (χ1) is 15.9. The number of carboxylic acid groups (broad SMARTS) is 1. The minimum Gasteiger partial charge on any atom is -0.475 e. The van der Waals surface area contributed by atoms with Crippen LogP contribution in [0.15, 0.2) is 53.4 Å². The number of halogens is 6. The molecule has 2 heterocycles. The number of rotatable bonds is 6. The molecule has 9 nitrogen and oxygen atoms in total. The van der Waals surface area contributed by atoms with Gasteiger partial charge in [0.1, 0.15) is 12.1 Å². The number of hydrogen-bond acceptors (Lipinski definition) is 5. The number of aryl methyl sites for hydroxylation is 1. The van der Waals surface area contributed by atoms with Gasteiger partial charge in [0.25, 0.3) is 6.08 Å². The van der Waals surface area contributed by atoms with Crippen LogP contribution in [0.2, 0.25) is 0 Å². The highest BCUT2D eigenvalue weighted by Gasteiger charge is 2.38. The van der Waals surface area contributed by atoms with Gasteiger partial charge in [-0.3, -0.25) is 4.68 Å². The van der Waals surface area contributed by atoms with Crippen LogP contribution in [-0.4, -0.2) is 47.9 Å². The summed E-state index contributed by atoms with van der Waals surface area (Å²) in [6, 6.07) is 4.25. The number of benzene rings is 1. The Kier molecular flexibility index (Phi) is 8.40. The maximum Gasteiger partial charge on any atom is 0.490 e. The molecule has 0 aliphatic rings. The number of hydrogen-bond donors (Lipinski definition) is 2. The number of alkyl halides is 3. The lowest BCUT2D eigenvalue weighted by Gasteiger charge is -2.05. The Morgan fingerprint density at radius 3 is 2.32 bits per heavy atom. The maximum absolute atomic E-state index is 14.5. The number of nitrogens with two attached hydrogens (primary N) is 1. The molecule has 0 atom stereocenters. The van der Waals surface area contributed by atoms with Gasteiger partial charge in [-0.25, -0.2) is 23.2 Å². The zero-order valence-electron chi connectivity index (χ0n) is 17.4. The molecule has 0 saturated heterocycles. The van der Waals surface area contributed by atoms with Crippen molar-refractivity contribution in [1.82, 2.24) is 24.1 Å². The van der Waals surface area contributed by atoms with E-state index in [-0.39, 0.29) is 5.69 Å². The van der Waals surface area contributed by atoms with Gasteiger partial charge in [0.2, 0.25) is 0 Å². The Hall–Kier alpha value is -3.88. The average Bonchev–Trinajstić information content (AvgIpc) is 3.38. The van der Waals surface area contributed by atoms with Crippen molar-refractivity contribution in [2.45, 2.75) is 26.2 Å². The third-order valence-electron chi connectivity index (χ3n) is 4.33. The summed E-state index contributed by atoms with van der Waals surface area (Å²) in [5, 5.41) is 15.0. The molecule has 1 aromatic carbocycles. The predicted molar refractivity (Wildman–Crippen MR) is 107 cm³/mol. The second-order valence-corrected chi connectivity index (χ2v) is 6.56. The second kappa shape index (κ2) is 10.8. The van der Waals surface area contributed by atoms with Crippen LogP contribution in [0.25, 0.3) is 16.8 Å². The van der Waals surface area contributed by atoms with Crippen molar-refractivity contribution in [2.75, 3.05) is 6.54 Å². The van der Waals surface area contributed by atoms with Crippen LogP contribution < -0.4 is 11.4 Å². The summed E-state index contributed by atoms with van der Waals surface area (Å²) in [5.41, 5.74) is 5.37. The third kappa shape index (κ3) is 6.34. The first-order valence-electron chi connectivity index (χ1n) is 9.39. The summed E-state index contributed by atoms with van der Waals surface area (Å²) < 4.78 is 75.3. The quantitative estimate of drug-likeness (QED) is 0.511. The highest BCUT2D eigenvalue weighted by molar-refractivity contribution is 5.73. The Morgan fingerprint density at radius 2 is 1.85 bits per heavy atom. The Labute approximate surface area is 187 Å². The van der Waals surface area contributed by atoms with Gasteiger partial charge in [-0.15, -0.1) is 0 Å². The molecule has 0 fully saturated rings. The predicted octanol–water partition coefficient (Wildman–Crippen LogP) is 2.80. The fourth-order valence-electron chi connectivity index (χ4n) is 2.57. The fourth-order valence-corrected chi connectivity index (χ4v) is 2.57. The second-order valence-electron chi connectivity index (χ2n) is 6.56. The molecule has 0 bridgehead atoms. The molecule has 0 unspecified atom stereocenters. The molecule has 184 valence electrons. The monoisotopic (exact) mass is 492 g/mol. The Morgan fingerprint density at radius 1 is 1.21 bits per heavy atom. The van der Waals surface area contributed by atoms with Crippen molar-refractivity contribution in [3.8, 4) is 16.8 Å². The first-order valence-corrected chi connectivity index (χ1v) is 9.39. The molecule has 0 amide bonds. The van der Waals surface area contributed by atoms with Crippen molar-refractivity contribution in [3.05, 3.63) is 64.9 Å². The van der Waals surface area contributed by atoms with Gasteiger partial charge in [0, 0.05) is 36.0 Å². The molecule has 2 aromatic heterocycles. The van der Waals surface area contributed by atoms with E-state index in [2.05, 4.69) is 10.2 Å². The van der Waals surface area contributed by atoms with Crippen LogP contribution in [0.1, 0.15) is 6.92 Å². The van der Waals surface area contributed by atoms with E-state index >= 15 is 0 Å². The van der Waals surface area contributed by atoms with Crippen LogP contribution in [0.3, 0.4) is 0 Å². The minimum absolute atomic E-state index is 0.231. The molecular formula is C19H18F6N6O3. The van der Waals surface area contributed by atoms with Crippen LogP contribution >= 0.6 is 0 Å². The van der Waals surface area contributed by atoms with Crippen molar-refractivity contribution in [1.29, 1.82) is 0 Å². The zero-order valence-corrected chi connectivity index (χ0v) is 17.4. The van der Waals surface area contributed by atoms with E-state index in [0.717, 1.165) is 15.6 Å². The van der Waals surface area contributed by atoms with Crippen LogP contribution in [-0.2, 0) is 17.9 Å². The van der Waals surface area contributed by atoms with Gasteiger partial charge >= 0.3 is 17.8 Å². The van der Waals surface area contributed by atoms with Gasteiger partial charge < -0.3 is 10.8 Å². The van der Waals surface area contributed by atoms with E-state index in [1.165, 1.54) is 12.1 Å². The lowest BCUT2D eigenvalue weighted by atomic mass is 10.1. The van der Waals surface area contributed by atoms with Gasteiger partial charge in [0.05, 0.1) is 18.4 Å². The van der Waals surface area contributed by atoms with Crippen molar-refractivity contribution in [3.63, 3.8) is 0 Å². The van der Waals surface area contributed by atoms with Crippen LogP contribution in [0.5, 0.6) is 0 Å². The van der Waals surface area contributed by atoms with Crippen LogP contribution in [0.4, 0.5) is 26.3 Å². The molecule has 0 radical (unpaired) electrons. The smallest absolute Gasteiger partial charge is 0.475 e. The molecule has 0 spiro atoms. The summed E-state index contributed by atoms with van der Waals surface area (Å²) in [6.45, 7) is 1.76. The summed E-state index contributed by atoms with van der Waals surface area (Å²) in [4.78, 5) is 21.3. The largest absolute Gasteiger partial charge is 0.490 e. The van der Waals surface area contributed by atoms with E-state index in [9.17, 15) is 31.1 Å². The van der Waals surface area contributed by atoms with Crippen molar-refractivity contribution >= 4 is 5.97 Å². The summed E-state index contributed by atoms with van der Waals surface area (Å²) in [6.07, 6.45) is -2.61. The summed E-state index contributed by atoms with van der Waals surface area (Å²) in [5.74, 6) is -3.30. The molecule has 3 N–H and O–H groups in total. The summed E-state index contributed by atoms with van der Waals surface area (Å²) >= 11 is 0. The molecule has 34 heavy (non-hydrogen) atoms. The standard InChI is InChI=1S/C17H17F3N6O.C2HF3O2/c1-2-24-8-12(7-22-24)14-4-3-13(5-15(14)18)25-10-23-26(17(25)27)9-11(6-21)16(19)20;3-2(4,5)1(6)7/h3-5,7-8,10H,2,6,9,21H2,1H3;(H,6,7). The van der Waals surface area contributed by atoms with Gasteiger partial charge in [-0.05, 0) is 25.1 Å². The SMILES string of the molecule is CCn1cc(-c2ccc(-n3cnn(CC(CN)=C(F)F)c3=O)cc2F)cn1.O=C(O)C(F)(F)F. The lowest BCUT2D eigenvalue weighted by molar-refractivity contribution is -0.192. The fraction of sp³-hybridized carbons (Fsp3) is 0.263. The van der Waals surface area contributed by atoms with Gasteiger partial charge in [-0.2, -0.15) is 32.1 Å². The van der Waals surface area contributed by atoms with Gasteiger partial charge in [-0.1, -0.05) is 0 Å². The molecule has 0 aliphatic heterocycles. The molecule has 3 aromatic rings. The molecule has 15 heteroatoms. The number of aliphatic carboxylic acids is 1. The van der Waals surface area contributed by atoms with E-state index in [1.807, 2.05) is 6.92 Å². The molecular weight excluding hydrogens is 474 g/mol. The molecule has 0 saturated carbocycles. The Bertz CT molecular complexity index is 1240. The first kappa shape index (κ1) is 26.4. The van der Waals surface area contributed by atoms with Crippen molar-refractivity contribution < 1.29 is 36.2 Å². The lowest BCUT2D eigenvalue weighted by Crippen LogP contribution is -2.26. The van der Waals surface area contributed by atoms with E-state index in [1.54, 1.807) is 23.1 Å². The van der Waals surface area contributed by atoms with E-state index in [4.69, 9.17) is 15.6 Å². The Balaban J connectivity index is 0.000000509. The minimum atomic E-state index is -5.08. The highest BCUT2D eigenvalue weighted by atomic mass is 19.4. The van der Waals surface area contributed by atoms with E-state index in [0.29, 0.717) is 17.7 Å². The third-order valence-corrected chi connectivity index (χ3v) is 4.33. The number of aromatic nitrogens is 5. The normalized spacial score (nSPS) is 11.1. The molecule has 3 rings (SSSR count). The number of nitrogens with zero attached hydrogens (tertiary/aromatic N) is 5. The highest BCUT2D eigenvalue weighted by Crippen LogP contribution is 2.24. The topological polar surface area (TPSA) is 121 Å². The van der Waals surface area contributed by atoms with Crippen molar-refractivity contribution in [2.24, 2.45) is 5.73 Å². The molecule has 0 aliphatic carbocycles. The van der Waals surface area contributed by atoms with E-state index < -0.39 is 48.4 Å². The maximum atomic E-state index is 14.5. The zero-order chi connectivity index (χ0) is 25.6. The van der Waals surface area contributed by atoms with Crippen LogP contribution in [0, 0.1) is 5.82 Å². The van der Waals surface area contributed by atoms with Gasteiger partial charge in [0.15, 0.2) is 0 Å².